The van der Waals surface area contributed by atoms with Gasteiger partial charge in [-0.25, -0.2) is 0 Å². The molecular weight excluding hydrogens is 182 g/mol. The molecule has 2 heterocycles. The van der Waals surface area contributed by atoms with Crippen molar-refractivity contribution in [3.05, 3.63) is 29.3 Å². The third-order valence-electron chi connectivity index (χ3n) is 1.70. The molecule has 0 spiro atoms. The number of carbonyl (C=O) groups is 1. The summed E-state index contributed by atoms with van der Waals surface area (Å²) in [5, 5.41) is 1.93. The zero-order chi connectivity index (χ0) is 9.26. The molecule has 0 atom stereocenters. The zero-order valence-corrected chi connectivity index (χ0v) is 7.47. The van der Waals surface area contributed by atoms with Gasteiger partial charge in [0.25, 0.3) is 0 Å². The average Bonchev–Trinajstić information content (AvgIpc) is 2.63. The van der Waals surface area contributed by atoms with E-state index in [0.717, 1.165) is 10.2 Å². The van der Waals surface area contributed by atoms with E-state index >= 15 is 0 Å². The van der Waals surface area contributed by atoms with Gasteiger partial charge in [-0.05, 0) is 23.4 Å². The lowest BCUT2D eigenvalue weighted by atomic mass is 10.2. The Labute approximate surface area is 79.2 Å². The molecule has 0 aliphatic rings. The molecule has 0 aliphatic carbocycles. The van der Waals surface area contributed by atoms with Gasteiger partial charge in [-0.3, -0.25) is 9.78 Å². The van der Waals surface area contributed by atoms with Gasteiger partial charge in [0.15, 0.2) is 0 Å². The first-order chi connectivity index (χ1) is 6.31. The molecule has 2 aromatic heterocycles. The molecule has 2 nitrogen and oxygen atoms in total. The number of aromatic nitrogens is 1. The number of nitrogens with zero attached hydrogens (tertiary/aromatic N) is 1. The first kappa shape index (κ1) is 7.96. The largest absolute Gasteiger partial charge is 0.279 e. The lowest BCUT2D eigenvalue weighted by Gasteiger charge is -1.92. The van der Waals surface area contributed by atoms with Crippen molar-refractivity contribution in [3.8, 4) is 12.3 Å². The molecule has 0 saturated heterocycles. The van der Waals surface area contributed by atoms with Gasteiger partial charge in [0.1, 0.15) is 0 Å². The first-order valence-corrected chi connectivity index (χ1v) is 4.53. The van der Waals surface area contributed by atoms with Crippen LogP contribution in [-0.4, -0.2) is 10.8 Å². The topological polar surface area (TPSA) is 30.0 Å². The van der Waals surface area contributed by atoms with Crippen LogP contribution < -0.4 is 0 Å². The first-order valence-electron chi connectivity index (χ1n) is 3.65. The van der Waals surface area contributed by atoms with Crippen molar-refractivity contribution < 1.29 is 4.79 Å². The Morgan fingerprint density at radius 3 is 3.23 bits per heavy atom. The summed E-state index contributed by atoms with van der Waals surface area (Å²) in [6.07, 6.45) is 6.51. The van der Waals surface area contributed by atoms with Crippen molar-refractivity contribution in [2.24, 2.45) is 0 Å². The smallest absolute Gasteiger partial charge is 0.237 e. The predicted octanol–water partition coefficient (Wildman–Crippen LogP) is 2.11. The van der Waals surface area contributed by atoms with Crippen molar-refractivity contribution in [1.29, 1.82) is 0 Å². The molecule has 0 aromatic carbocycles. The fourth-order valence-electron chi connectivity index (χ4n) is 1.05. The number of carbonyl (C=O) groups excluding carboxylic acids is 1. The monoisotopic (exact) mass is 187 g/mol. The molecule has 3 heteroatoms. The summed E-state index contributed by atoms with van der Waals surface area (Å²) in [5.41, 5.74) is 1.39. The number of ketones is 1. The average molecular weight is 187 g/mol. The third-order valence-corrected chi connectivity index (χ3v) is 2.55. The van der Waals surface area contributed by atoms with Gasteiger partial charge in [0.05, 0.1) is 15.8 Å². The number of thiophene rings is 1. The van der Waals surface area contributed by atoms with Crippen LogP contribution in [0.5, 0.6) is 0 Å². The Balaban J connectivity index is 2.62. The quantitative estimate of drug-likeness (QED) is 0.389. The van der Waals surface area contributed by atoms with Gasteiger partial charge in [-0.1, -0.05) is 0 Å². The van der Waals surface area contributed by atoms with Crippen LogP contribution in [0.1, 0.15) is 10.4 Å². The van der Waals surface area contributed by atoms with Gasteiger partial charge in [-0.15, -0.1) is 17.8 Å². The minimum atomic E-state index is -0.317. The van der Waals surface area contributed by atoms with E-state index in [1.165, 1.54) is 6.20 Å². The SMILES string of the molecule is C#CC(=O)c1cnc2ccsc2c1. The van der Waals surface area contributed by atoms with E-state index in [-0.39, 0.29) is 5.78 Å². The molecule has 0 fully saturated rings. The number of hydrogen-bond acceptors (Lipinski definition) is 3. The van der Waals surface area contributed by atoms with E-state index in [2.05, 4.69) is 10.9 Å². The summed E-state index contributed by atoms with van der Waals surface area (Å²) in [4.78, 5) is 15.2. The fourth-order valence-corrected chi connectivity index (χ4v) is 1.83. The van der Waals surface area contributed by atoms with Crippen LogP contribution >= 0.6 is 11.3 Å². The summed E-state index contributed by atoms with van der Waals surface area (Å²) in [5.74, 6) is 1.75. The van der Waals surface area contributed by atoms with E-state index in [0.29, 0.717) is 5.56 Å². The number of Topliss-reactive ketones (excluding diaryl/α,β-unsaturated/α-hetero) is 1. The highest BCUT2D eigenvalue weighted by Gasteiger charge is 2.04. The predicted molar refractivity (Wildman–Crippen MR) is 52.8 cm³/mol. The third kappa shape index (κ3) is 1.32. The molecule has 0 N–H and O–H groups in total. The molecule has 62 valence electrons. The molecule has 0 aliphatic heterocycles. The standard InChI is InChI=1S/C10H5NOS/c1-2-9(12)7-5-10-8(11-6-7)3-4-13-10/h1,3-6H. The Morgan fingerprint density at radius 2 is 2.46 bits per heavy atom. The number of terminal acetylenes is 1. The fraction of sp³-hybridized carbons (Fsp3) is 0. The lowest BCUT2D eigenvalue weighted by molar-refractivity contribution is 0.105. The highest BCUT2D eigenvalue weighted by molar-refractivity contribution is 7.17. The minimum absolute atomic E-state index is 0.317. The maximum Gasteiger partial charge on any atom is 0.237 e. The summed E-state index contributed by atoms with van der Waals surface area (Å²) in [6, 6.07) is 3.68. The van der Waals surface area contributed by atoms with Crippen molar-refractivity contribution >= 4 is 27.3 Å². The van der Waals surface area contributed by atoms with Crippen molar-refractivity contribution in [2.75, 3.05) is 0 Å². The Morgan fingerprint density at radius 1 is 1.62 bits per heavy atom. The Hall–Kier alpha value is -1.66. The molecule has 2 rings (SSSR count). The van der Waals surface area contributed by atoms with Gasteiger partial charge < -0.3 is 0 Å². The van der Waals surface area contributed by atoms with Crippen LogP contribution in [0.2, 0.25) is 0 Å². The maximum atomic E-state index is 11.1. The lowest BCUT2D eigenvalue weighted by Crippen LogP contribution is -1.94. The van der Waals surface area contributed by atoms with E-state index in [1.807, 2.05) is 11.4 Å². The normalized spacial score (nSPS) is 9.77. The second-order valence-electron chi connectivity index (χ2n) is 2.50. The molecule has 0 saturated carbocycles. The highest BCUT2D eigenvalue weighted by Crippen LogP contribution is 2.19. The Kier molecular flexibility index (Phi) is 1.84. The van der Waals surface area contributed by atoms with Gasteiger partial charge >= 0.3 is 0 Å². The van der Waals surface area contributed by atoms with Gasteiger partial charge in [0.2, 0.25) is 5.78 Å². The number of fused-ring (bicyclic) bond motifs is 1. The summed E-state index contributed by atoms with van der Waals surface area (Å²) < 4.78 is 0.987. The van der Waals surface area contributed by atoms with Crippen LogP contribution in [0.4, 0.5) is 0 Å². The van der Waals surface area contributed by atoms with Crippen molar-refractivity contribution in [1.82, 2.24) is 4.98 Å². The number of pyridine rings is 1. The zero-order valence-electron chi connectivity index (χ0n) is 6.65. The minimum Gasteiger partial charge on any atom is -0.279 e. The molecule has 2 aromatic rings. The molecule has 0 amide bonds. The highest BCUT2D eigenvalue weighted by atomic mass is 32.1. The van der Waals surface area contributed by atoms with Crippen LogP contribution in [-0.2, 0) is 0 Å². The summed E-state index contributed by atoms with van der Waals surface area (Å²) in [6.45, 7) is 0. The molecular formula is C10H5NOS. The maximum absolute atomic E-state index is 11.1. The van der Waals surface area contributed by atoms with E-state index in [9.17, 15) is 4.79 Å². The summed E-state index contributed by atoms with van der Waals surface area (Å²) >= 11 is 1.55. The number of rotatable bonds is 1. The second kappa shape index (κ2) is 3.00. The van der Waals surface area contributed by atoms with Crippen LogP contribution in [0.3, 0.4) is 0 Å². The second-order valence-corrected chi connectivity index (χ2v) is 3.45. The van der Waals surface area contributed by atoms with Crippen LogP contribution in [0, 0.1) is 12.3 Å². The van der Waals surface area contributed by atoms with Crippen molar-refractivity contribution in [2.45, 2.75) is 0 Å². The van der Waals surface area contributed by atoms with E-state index in [1.54, 1.807) is 17.4 Å². The Bertz CT molecular complexity index is 507. The van der Waals surface area contributed by atoms with Crippen LogP contribution in [0.15, 0.2) is 23.7 Å². The van der Waals surface area contributed by atoms with E-state index in [4.69, 9.17) is 6.42 Å². The van der Waals surface area contributed by atoms with Crippen molar-refractivity contribution in [3.63, 3.8) is 0 Å². The molecule has 0 unspecified atom stereocenters. The summed E-state index contributed by atoms with van der Waals surface area (Å²) in [7, 11) is 0. The molecule has 0 radical (unpaired) electrons. The van der Waals surface area contributed by atoms with Gasteiger partial charge in [0, 0.05) is 6.20 Å². The van der Waals surface area contributed by atoms with Gasteiger partial charge in [-0.2, -0.15) is 0 Å². The van der Waals surface area contributed by atoms with Crippen LogP contribution in [0.25, 0.3) is 10.2 Å². The molecule has 13 heavy (non-hydrogen) atoms. The molecule has 0 bridgehead atoms. The number of hydrogen-bond donors (Lipinski definition) is 0. The van der Waals surface area contributed by atoms with E-state index < -0.39 is 0 Å².